The van der Waals surface area contributed by atoms with Crippen LogP contribution >= 0.6 is 11.6 Å². The first kappa shape index (κ1) is 16.5. The van der Waals surface area contributed by atoms with Gasteiger partial charge in [0.15, 0.2) is 0 Å². The smallest absolute Gasteiger partial charge is 0.322 e. The maximum atomic E-state index is 14.6. The van der Waals surface area contributed by atoms with Crippen LogP contribution in [0.25, 0.3) is 0 Å². The number of Topliss-reactive ketones (excluding diaryl/α,β-unsaturated/α-hetero) is 1. The van der Waals surface area contributed by atoms with E-state index in [0.29, 0.717) is 4.90 Å². The third kappa shape index (κ3) is 4.14. The SMILES string of the molecule is [2H]C(CC(=O)C(F)(F)c1ccc(Cl)cc1)c1ccc2c(c1)CN([C@]1([2H])C(=O)NC(=O)C([2H])([2H])C1[2H])C2=O. The highest BCUT2D eigenvalue weighted by Crippen LogP contribution is 2.32. The number of fused-ring (bicyclic) bond motifs is 1. The molecule has 3 atom stereocenters. The molecule has 2 aliphatic rings. The number of carbonyl (C=O) groups excluding carboxylic acids is 4. The molecule has 2 aromatic carbocycles. The van der Waals surface area contributed by atoms with E-state index < -0.39 is 73.1 Å². The summed E-state index contributed by atoms with van der Waals surface area (Å²) in [6.45, 7) is -0.430. The molecular formula is C23H19ClF2N2O4. The first-order valence-corrected chi connectivity index (χ1v) is 9.82. The second-order valence-electron chi connectivity index (χ2n) is 7.18. The van der Waals surface area contributed by atoms with Crippen molar-refractivity contribution in [2.24, 2.45) is 0 Å². The van der Waals surface area contributed by atoms with E-state index in [2.05, 4.69) is 0 Å². The minimum Gasteiger partial charge on any atom is -0.322 e. The van der Waals surface area contributed by atoms with Crippen LogP contribution in [-0.4, -0.2) is 34.4 Å². The Morgan fingerprint density at radius 3 is 2.69 bits per heavy atom. The van der Waals surface area contributed by atoms with Gasteiger partial charge in [-0.1, -0.05) is 35.9 Å². The van der Waals surface area contributed by atoms with Gasteiger partial charge in [-0.3, -0.25) is 24.5 Å². The lowest BCUT2D eigenvalue weighted by atomic mass is 9.97. The van der Waals surface area contributed by atoms with E-state index in [9.17, 15) is 28.0 Å². The van der Waals surface area contributed by atoms with Crippen molar-refractivity contribution in [1.29, 1.82) is 0 Å². The van der Waals surface area contributed by atoms with Crippen molar-refractivity contribution in [3.8, 4) is 0 Å². The highest BCUT2D eigenvalue weighted by atomic mass is 35.5. The van der Waals surface area contributed by atoms with E-state index in [0.717, 1.165) is 12.1 Å². The van der Waals surface area contributed by atoms with Crippen LogP contribution in [0.2, 0.25) is 5.02 Å². The molecule has 2 aliphatic heterocycles. The normalized spacial score (nSPS) is 28.0. The van der Waals surface area contributed by atoms with E-state index in [1.54, 1.807) is 5.32 Å². The minimum atomic E-state index is -3.86. The Hall–Kier alpha value is -3.13. The van der Waals surface area contributed by atoms with Crippen LogP contribution in [0.5, 0.6) is 0 Å². The molecule has 3 amide bonds. The average Bonchev–Trinajstić information content (AvgIpc) is 3.18. The van der Waals surface area contributed by atoms with Gasteiger partial charge in [-0.15, -0.1) is 0 Å². The summed E-state index contributed by atoms with van der Waals surface area (Å²) in [4.78, 5) is 50.3. The van der Waals surface area contributed by atoms with Crippen LogP contribution in [0, 0.1) is 0 Å². The predicted octanol–water partition coefficient (Wildman–Crippen LogP) is 3.39. The summed E-state index contributed by atoms with van der Waals surface area (Å²) < 4.78 is 69.7. The third-order valence-electron chi connectivity index (χ3n) is 5.10. The first-order chi connectivity index (χ1) is 17.1. The minimum absolute atomic E-state index is 0.00198. The van der Waals surface area contributed by atoms with Gasteiger partial charge in [0.2, 0.25) is 17.6 Å². The summed E-state index contributed by atoms with van der Waals surface area (Å²) in [6.07, 6.45) is -7.47. The quantitative estimate of drug-likeness (QED) is 0.663. The van der Waals surface area contributed by atoms with Crippen molar-refractivity contribution in [2.75, 3.05) is 0 Å². The number of rotatable bonds is 6. The van der Waals surface area contributed by atoms with Crippen LogP contribution in [-0.2, 0) is 33.2 Å². The average molecular weight is 466 g/mol. The van der Waals surface area contributed by atoms with Crippen molar-refractivity contribution in [2.45, 2.75) is 44.1 Å². The molecule has 0 aliphatic carbocycles. The van der Waals surface area contributed by atoms with Gasteiger partial charge in [0.1, 0.15) is 6.02 Å². The van der Waals surface area contributed by atoms with Gasteiger partial charge >= 0.3 is 5.92 Å². The molecule has 2 unspecified atom stereocenters. The van der Waals surface area contributed by atoms with Gasteiger partial charge in [0, 0.05) is 41.0 Å². The maximum absolute atomic E-state index is 14.6. The van der Waals surface area contributed by atoms with Crippen molar-refractivity contribution in [3.63, 3.8) is 0 Å². The Morgan fingerprint density at radius 1 is 1.25 bits per heavy atom. The van der Waals surface area contributed by atoms with Crippen molar-refractivity contribution in [1.82, 2.24) is 10.2 Å². The van der Waals surface area contributed by atoms with Gasteiger partial charge in [0.25, 0.3) is 5.91 Å². The summed E-state index contributed by atoms with van der Waals surface area (Å²) in [6, 6.07) is 5.53. The lowest BCUT2D eigenvalue weighted by Crippen LogP contribution is -2.52. The van der Waals surface area contributed by atoms with Crippen LogP contribution in [0.15, 0.2) is 42.5 Å². The zero-order valence-electron chi connectivity index (χ0n) is 21.3. The van der Waals surface area contributed by atoms with Crippen molar-refractivity contribution < 1.29 is 34.8 Å². The molecule has 0 radical (unpaired) electrons. The van der Waals surface area contributed by atoms with Gasteiger partial charge in [0.05, 0.1) is 1.37 Å². The van der Waals surface area contributed by atoms with E-state index in [-0.39, 0.29) is 21.7 Å². The summed E-state index contributed by atoms with van der Waals surface area (Å²) in [7, 11) is 0. The maximum Gasteiger partial charge on any atom is 0.330 e. The predicted molar refractivity (Wildman–Crippen MR) is 111 cm³/mol. The monoisotopic (exact) mass is 465 g/mol. The third-order valence-corrected chi connectivity index (χ3v) is 5.36. The second-order valence-corrected chi connectivity index (χ2v) is 7.61. The number of nitrogens with zero attached hydrogens (tertiary/aromatic N) is 1. The number of aryl methyl sites for hydroxylation is 1. The van der Waals surface area contributed by atoms with E-state index in [1.165, 1.54) is 30.3 Å². The fraction of sp³-hybridized carbons (Fsp3) is 0.304. The number of piperidine rings is 1. The lowest BCUT2D eigenvalue weighted by Gasteiger charge is -2.29. The Labute approximate surface area is 194 Å². The summed E-state index contributed by atoms with van der Waals surface area (Å²) in [5.74, 6) is -8.95. The van der Waals surface area contributed by atoms with Crippen molar-refractivity contribution >= 4 is 35.1 Å². The standard InChI is InChI=1S/C23H19ClF2N2O4/c24-16-5-3-15(4-6-16)23(25,26)19(29)9-2-13-1-7-17-14(11-13)12-28(22(17)32)18-8-10-20(30)27-21(18)31/h1,3-7,11,18H,2,8-10,12H2,(H,27,30,31)/t18-/m0/s1/i2D,8D,10D2,18D/t2?,8?,18-. The van der Waals surface area contributed by atoms with E-state index in [4.69, 9.17) is 18.5 Å². The van der Waals surface area contributed by atoms with Gasteiger partial charge in [-0.25, -0.2) is 0 Å². The zero-order chi connectivity index (χ0) is 27.5. The molecule has 1 fully saturated rings. The molecule has 32 heavy (non-hydrogen) atoms. The highest BCUT2D eigenvalue weighted by molar-refractivity contribution is 6.30. The first-order valence-electron chi connectivity index (χ1n) is 12.1. The van der Waals surface area contributed by atoms with Gasteiger partial charge in [-0.2, -0.15) is 8.78 Å². The topological polar surface area (TPSA) is 83.6 Å². The zero-order valence-corrected chi connectivity index (χ0v) is 17.1. The Morgan fingerprint density at radius 2 is 1.97 bits per heavy atom. The van der Waals surface area contributed by atoms with Crippen LogP contribution < -0.4 is 5.32 Å². The van der Waals surface area contributed by atoms with Crippen LogP contribution in [0.4, 0.5) is 8.78 Å². The Kier molecular flexibility index (Phi) is 4.34. The van der Waals surface area contributed by atoms with E-state index >= 15 is 0 Å². The number of carbonyl (C=O) groups is 4. The summed E-state index contributed by atoms with van der Waals surface area (Å²) in [5, 5.41) is 1.91. The lowest BCUT2D eigenvalue weighted by molar-refractivity contribution is -0.144. The van der Waals surface area contributed by atoms with E-state index in [1.807, 2.05) is 0 Å². The number of alkyl halides is 2. The molecule has 1 N–H and O–H groups in total. The fourth-order valence-electron chi connectivity index (χ4n) is 3.42. The number of benzene rings is 2. The van der Waals surface area contributed by atoms with Crippen molar-refractivity contribution in [3.05, 3.63) is 69.7 Å². The number of amides is 3. The molecule has 4 rings (SSSR count). The molecule has 166 valence electrons. The molecule has 6 nitrogen and oxygen atoms in total. The Bertz CT molecular complexity index is 1330. The van der Waals surface area contributed by atoms with Crippen LogP contribution in [0.3, 0.4) is 0 Å². The number of ketones is 1. The fourth-order valence-corrected chi connectivity index (χ4v) is 3.55. The molecule has 9 heteroatoms. The van der Waals surface area contributed by atoms with Gasteiger partial charge in [-0.05, 0) is 42.1 Å². The molecule has 1 saturated heterocycles. The molecule has 0 saturated carbocycles. The molecule has 2 aromatic rings. The van der Waals surface area contributed by atoms with Crippen LogP contribution in [0.1, 0.15) is 53.1 Å². The molecule has 0 spiro atoms. The summed E-state index contributed by atoms with van der Waals surface area (Å²) >= 11 is 5.70. The second kappa shape index (κ2) is 8.43. The number of imide groups is 1. The largest absolute Gasteiger partial charge is 0.330 e. The number of halogens is 3. The number of hydrogen-bond acceptors (Lipinski definition) is 4. The molecule has 0 aromatic heterocycles. The Balaban J connectivity index is 1.56. The summed E-state index contributed by atoms with van der Waals surface area (Å²) in [5.41, 5.74) is -0.258. The van der Waals surface area contributed by atoms with Gasteiger partial charge < -0.3 is 4.90 Å². The molecule has 0 bridgehead atoms. The number of hydrogen-bond donors (Lipinski definition) is 1. The highest BCUT2D eigenvalue weighted by Gasteiger charge is 2.41. The molecule has 2 heterocycles. The molecular weight excluding hydrogens is 442 g/mol. The number of nitrogens with one attached hydrogen (secondary N) is 1.